The van der Waals surface area contributed by atoms with Crippen LogP contribution in [0.4, 0.5) is 0 Å². The molecule has 0 heterocycles. The van der Waals surface area contributed by atoms with Crippen molar-refractivity contribution in [3.05, 3.63) is 60.2 Å². The minimum Gasteiger partial charge on any atom is -0.457 e. The van der Waals surface area contributed by atoms with Crippen molar-refractivity contribution in [2.75, 3.05) is 6.61 Å². The van der Waals surface area contributed by atoms with Crippen LogP contribution in [-0.2, 0) is 0 Å². The molecule has 0 saturated heterocycles. The molecule has 3 heteroatoms. The molecule has 18 heavy (non-hydrogen) atoms. The van der Waals surface area contributed by atoms with E-state index in [0.717, 1.165) is 17.1 Å². The zero-order chi connectivity index (χ0) is 12.8. The Hall–Kier alpha value is -1.84. The molecule has 0 aliphatic heterocycles. The standard InChI is InChI=1S/C15H16O3/c16-11-10-15(17)12-6-8-14(9-7-12)18-13-4-2-1-3-5-13/h1-9,15-17H,10-11H2. The van der Waals surface area contributed by atoms with Crippen LogP contribution < -0.4 is 4.74 Å². The summed E-state index contributed by atoms with van der Waals surface area (Å²) in [5, 5.41) is 18.5. The van der Waals surface area contributed by atoms with Gasteiger partial charge in [-0.1, -0.05) is 30.3 Å². The fourth-order valence-corrected chi connectivity index (χ4v) is 1.67. The minimum atomic E-state index is -0.624. The molecule has 0 saturated carbocycles. The highest BCUT2D eigenvalue weighted by Crippen LogP contribution is 2.24. The zero-order valence-electron chi connectivity index (χ0n) is 9.99. The molecular weight excluding hydrogens is 228 g/mol. The normalized spacial score (nSPS) is 12.1. The maximum Gasteiger partial charge on any atom is 0.127 e. The van der Waals surface area contributed by atoms with Gasteiger partial charge in [0.1, 0.15) is 11.5 Å². The van der Waals surface area contributed by atoms with Crippen molar-refractivity contribution in [1.29, 1.82) is 0 Å². The van der Waals surface area contributed by atoms with E-state index in [1.54, 1.807) is 12.1 Å². The van der Waals surface area contributed by atoms with E-state index >= 15 is 0 Å². The highest BCUT2D eigenvalue weighted by molar-refractivity contribution is 5.33. The van der Waals surface area contributed by atoms with Crippen molar-refractivity contribution in [2.45, 2.75) is 12.5 Å². The second kappa shape index (κ2) is 6.19. The molecule has 1 unspecified atom stereocenters. The van der Waals surface area contributed by atoms with Crippen molar-refractivity contribution in [3.8, 4) is 11.5 Å². The summed E-state index contributed by atoms with van der Waals surface area (Å²) in [6, 6.07) is 16.7. The summed E-state index contributed by atoms with van der Waals surface area (Å²) < 4.78 is 5.64. The van der Waals surface area contributed by atoms with Gasteiger partial charge >= 0.3 is 0 Å². The average molecular weight is 244 g/mol. The summed E-state index contributed by atoms with van der Waals surface area (Å²) in [5.41, 5.74) is 0.782. The highest BCUT2D eigenvalue weighted by Gasteiger charge is 2.06. The Morgan fingerprint density at radius 1 is 0.889 bits per heavy atom. The average Bonchev–Trinajstić information content (AvgIpc) is 2.41. The molecule has 2 aromatic rings. The number of ether oxygens (including phenoxy) is 1. The van der Waals surface area contributed by atoms with E-state index in [4.69, 9.17) is 9.84 Å². The molecule has 0 spiro atoms. The van der Waals surface area contributed by atoms with Crippen LogP contribution in [0.3, 0.4) is 0 Å². The number of benzene rings is 2. The van der Waals surface area contributed by atoms with Gasteiger partial charge in [0.15, 0.2) is 0 Å². The van der Waals surface area contributed by atoms with E-state index < -0.39 is 6.10 Å². The second-order valence-corrected chi connectivity index (χ2v) is 4.01. The number of aliphatic hydroxyl groups excluding tert-OH is 2. The number of para-hydroxylation sites is 1. The molecule has 0 bridgehead atoms. The topological polar surface area (TPSA) is 49.7 Å². The van der Waals surface area contributed by atoms with Gasteiger partial charge in [0.2, 0.25) is 0 Å². The lowest BCUT2D eigenvalue weighted by molar-refractivity contribution is 0.134. The monoisotopic (exact) mass is 244 g/mol. The van der Waals surface area contributed by atoms with Crippen LogP contribution in [-0.4, -0.2) is 16.8 Å². The Bertz CT molecular complexity index is 465. The number of hydrogen-bond acceptors (Lipinski definition) is 3. The van der Waals surface area contributed by atoms with Crippen molar-refractivity contribution in [2.24, 2.45) is 0 Å². The molecule has 0 radical (unpaired) electrons. The molecule has 2 rings (SSSR count). The molecule has 0 aliphatic carbocycles. The number of aliphatic hydroxyl groups is 2. The van der Waals surface area contributed by atoms with Crippen LogP contribution in [0.1, 0.15) is 18.1 Å². The van der Waals surface area contributed by atoms with Crippen molar-refractivity contribution >= 4 is 0 Å². The molecule has 0 amide bonds. The van der Waals surface area contributed by atoms with E-state index in [1.807, 2.05) is 42.5 Å². The summed E-state index contributed by atoms with van der Waals surface area (Å²) >= 11 is 0. The Morgan fingerprint density at radius 3 is 2.11 bits per heavy atom. The summed E-state index contributed by atoms with van der Waals surface area (Å²) in [6.07, 6.45) is -0.278. The van der Waals surface area contributed by atoms with Crippen molar-refractivity contribution < 1.29 is 14.9 Å². The molecule has 0 aliphatic rings. The first-order chi connectivity index (χ1) is 8.79. The third-order valence-corrected chi connectivity index (χ3v) is 2.65. The Morgan fingerprint density at radius 2 is 1.50 bits per heavy atom. The largest absolute Gasteiger partial charge is 0.457 e. The van der Waals surface area contributed by atoms with Crippen LogP contribution in [0.15, 0.2) is 54.6 Å². The van der Waals surface area contributed by atoms with Gasteiger partial charge in [-0.25, -0.2) is 0 Å². The number of rotatable bonds is 5. The minimum absolute atomic E-state index is 0.0244. The predicted molar refractivity (Wildman–Crippen MR) is 69.6 cm³/mol. The van der Waals surface area contributed by atoms with E-state index in [0.29, 0.717) is 6.42 Å². The maximum atomic E-state index is 9.70. The van der Waals surface area contributed by atoms with E-state index in [9.17, 15) is 5.11 Å². The van der Waals surface area contributed by atoms with Crippen LogP contribution in [0.5, 0.6) is 11.5 Å². The first-order valence-electron chi connectivity index (χ1n) is 5.91. The molecule has 3 nitrogen and oxygen atoms in total. The summed E-state index contributed by atoms with van der Waals surface area (Å²) in [5.74, 6) is 1.50. The molecule has 1 atom stereocenters. The van der Waals surface area contributed by atoms with Crippen LogP contribution >= 0.6 is 0 Å². The quantitative estimate of drug-likeness (QED) is 0.850. The van der Waals surface area contributed by atoms with E-state index in [-0.39, 0.29) is 6.61 Å². The highest BCUT2D eigenvalue weighted by atomic mass is 16.5. The van der Waals surface area contributed by atoms with Gasteiger partial charge in [0, 0.05) is 13.0 Å². The van der Waals surface area contributed by atoms with E-state index in [2.05, 4.69) is 0 Å². The molecule has 0 fully saturated rings. The zero-order valence-corrected chi connectivity index (χ0v) is 9.99. The van der Waals surface area contributed by atoms with Gasteiger partial charge in [-0.05, 0) is 29.8 Å². The van der Waals surface area contributed by atoms with Gasteiger partial charge in [-0.2, -0.15) is 0 Å². The smallest absolute Gasteiger partial charge is 0.127 e. The lowest BCUT2D eigenvalue weighted by Gasteiger charge is -2.10. The van der Waals surface area contributed by atoms with Gasteiger partial charge in [-0.15, -0.1) is 0 Å². The van der Waals surface area contributed by atoms with Gasteiger partial charge < -0.3 is 14.9 Å². The lowest BCUT2D eigenvalue weighted by Crippen LogP contribution is -1.99. The maximum absolute atomic E-state index is 9.70. The fourth-order valence-electron chi connectivity index (χ4n) is 1.67. The Kier molecular flexibility index (Phi) is 4.34. The van der Waals surface area contributed by atoms with Crippen molar-refractivity contribution in [3.63, 3.8) is 0 Å². The first kappa shape index (κ1) is 12.6. The summed E-state index contributed by atoms with van der Waals surface area (Å²) in [7, 11) is 0. The van der Waals surface area contributed by atoms with Gasteiger partial charge in [0.05, 0.1) is 6.10 Å². The van der Waals surface area contributed by atoms with E-state index in [1.165, 1.54) is 0 Å². The molecule has 94 valence electrons. The third-order valence-electron chi connectivity index (χ3n) is 2.65. The predicted octanol–water partition coefficient (Wildman–Crippen LogP) is 2.89. The van der Waals surface area contributed by atoms with Crippen molar-refractivity contribution in [1.82, 2.24) is 0 Å². The van der Waals surface area contributed by atoms with Crippen LogP contribution in [0, 0.1) is 0 Å². The fraction of sp³-hybridized carbons (Fsp3) is 0.200. The second-order valence-electron chi connectivity index (χ2n) is 4.01. The summed E-state index contributed by atoms with van der Waals surface area (Å²) in [4.78, 5) is 0. The third kappa shape index (κ3) is 3.32. The Balaban J connectivity index is 2.04. The van der Waals surface area contributed by atoms with Gasteiger partial charge in [-0.3, -0.25) is 0 Å². The molecule has 0 aromatic heterocycles. The van der Waals surface area contributed by atoms with Crippen LogP contribution in [0.2, 0.25) is 0 Å². The molecule has 2 N–H and O–H groups in total. The summed E-state index contributed by atoms with van der Waals surface area (Å²) in [6.45, 7) is -0.0244. The van der Waals surface area contributed by atoms with Gasteiger partial charge in [0.25, 0.3) is 0 Å². The Labute approximate surface area is 106 Å². The lowest BCUT2D eigenvalue weighted by atomic mass is 10.1. The number of hydrogen-bond donors (Lipinski definition) is 2. The molecular formula is C15H16O3. The van der Waals surface area contributed by atoms with Crippen LogP contribution in [0.25, 0.3) is 0 Å². The SMILES string of the molecule is OCCC(O)c1ccc(Oc2ccccc2)cc1. The molecule has 2 aromatic carbocycles. The first-order valence-corrected chi connectivity index (χ1v) is 5.91.